The summed E-state index contributed by atoms with van der Waals surface area (Å²) in [6.45, 7) is 0. The van der Waals surface area contributed by atoms with E-state index in [1.165, 1.54) is 31.4 Å². The van der Waals surface area contributed by atoms with Gasteiger partial charge in [0, 0.05) is 23.7 Å². The Kier molecular flexibility index (Phi) is 4.29. The molecule has 0 saturated carbocycles. The Labute approximate surface area is 115 Å². The van der Waals surface area contributed by atoms with Crippen molar-refractivity contribution >= 4 is 0 Å². The summed E-state index contributed by atoms with van der Waals surface area (Å²) in [6.07, 6.45) is 0.209. The average Bonchev–Trinajstić information content (AvgIpc) is 2.40. The molecule has 0 fully saturated rings. The highest BCUT2D eigenvalue weighted by Crippen LogP contribution is 2.26. The predicted octanol–water partition coefficient (Wildman–Crippen LogP) is 3.36. The highest BCUT2D eigenvalue weighted by molar-refractivity contribution is 5.33. The average molecular weight is 281 g/mol. The molecule has 106 valence electrons. The number of hydrogen-bond acceptors (Lipinski definition) is 2. The molecular formula is C15H14F3NO. The molecule has 1 unspecified atom stereocenters. The van der Waals surface area contributed by atoms with Gasteiger partial charge in [0.05, 0.1) is 7.11 Å². The van der Waals surface area contributed by atoms with Crippen LogP contribution in [0.2, 0.25) is 0 Å². The SMILES string of the molecule is COc1cc(F)c(C(N)Cc2ccc(F)cc2)c(F)c1. The van der Waals surface area contributed by atoms with E-state index >= 15 is 0 Å². The maximum atomic E-state index is 13.9. The third-order valence-corrected chi connectivity index (χ3v) is 3.03. The van der Waals surface area contributed by atoms with Crippen molar-refractivity contribution in [2.24, 2.45) is 5.73 Å². The van der Waals surface area contributed by atoms with E-state index in [0.717, 1.165) is 12.1 Å². The van der Waals surface area contributed by atoms with Crippen molar-refractivity contribution in [2.75, 3.05) is 7.11 Å². The topological polar surface area (TPSA) is 35.2 Å². The molecule has 0 amide bonds. The lowest BCUT2D eigenvalue weighted by molar-refractivity contribution is 0.403. The van der Waals surface area contributed by atoms with Gasteiger partial charge in [-0.05, 0) is 24.1 Å². The van der Waals surface area contributed by atoms with Crippen LogP contribution in [0, 0.1) is 17.5 Å². The first-order chi connectivity index (χ1) is 9.51. The van der Waals surface area contributed by atoms with Gasteiger partial charge in [-0.3, -0.25) is 0 Å². The van der Waals surface area contributed by atoms with Crippen molar-refractivity contribution in [1.29, 1.82) is 0 Å². The van der Waals surface area contributed by atoms with Crippen LogP contribution in [0.25, 0.3) is 0 Å². The van der Waals surface area contributed by atoms with Crippen LogP contribution >= 0.6 is 0 Å². The van der Waals surface area contributed by atoms with E-state index in [9.17, 15) is 13.2 Å². The number of methoxy groups -OCH3 is 1. The first kappa shape index (κ1) is 14.4. The van der Waals surface area contributed by atoms with Crippen LogP contribution in [-0.2, 0) is 6.42 Å². The second-order valence-corrected chi connectivity index (χ2v) is 4.44. The summed E-state index contributed by atoms with van der Waals surface area (Å²) in [5, 5.41) is 0. The summed E-state index contributed by atoms with van der Waals surface area (Å²) in [5.41, 5.74) is 6.35. The monoisotopic (exact) mass is 281 g/mol. The minimum absolute atomic E-state index is 0.0951. The highest BCUT2D eigenvalue weighted by Gasteiger charge is 2.18. The molecule has 2 aromatic rings. The van der Waals surface area contributed by atoms with Gasteiger partial charge in [-0.15, -0.1) is 0 Å². The van der Waals surface area contributed by atoms with Gasteiger partial charge in [0.15, 0.2) is 0 Å². The normalized spacial score (nSPS) is 12.2. The Morgan fingerprint density at radius 2 is 1.60 bits per heavy atom. The van der Waals surface area contributed by atoms with Gasteiger partial charge in [-0.25, -0.2) is 13.2 Å². The Morgan fingerprint density at radius 3 is 2.10 bits per heavy atom. The maximum absolute atomic E-state index is 13.9. The van der Waals surface area contributed by atoms with Crippen molar-refractivity contribution in [1.82, 2.24) is 0 Å². The van der Waals surface area contributed by atoms with Gasteiger partial charge in [-0.1, -0.05) is 12.1 Å². The van der Waals surface area contributed by atoms with E-state index in [1.54, 1.807) is 0 Å². The molecule has 0 aliphatic carbocycles. The molecule has 2 N–H and O–H groups in total. The van der Waals surface area contributed by atoms with Crippen LogP contribution in [0.15, 0.2) is 36.4 Å². The summed E-state index contributed by atoms with van der Waals surface area (Å²) >= 11 is 0. The second kappa shape index (κ2) is 5.96. The molecule has 2 rings (SSSR count). The Hall–Kier alpha value is -2.01. The molecule has 0 aliphatic heterocycles. The number of rotatable bonds is 4. The fourth-order valence-corrected chi connectivity index (χ4v) is 2.01. The lowest BCUT2D eigenvalue weighted by Crippen LogP contribution is -2.17. The number of ether oxygens (including phenoxy) is 1. The number of halogens is 3. The quantitative estimate of drug-likeness (QED) is 0.932. The zero-order chi connectivity index (χ0) is 14.7. The second-order valence-electron chi connectivity index (χ2n) is 4.44. The van der Waals surface area contributed by atoms with Crippen molar-refractivity contribution in [2.45, 2.75) is 12.5 Å². The van der Waals surface area contributed by atoms with Crippen LogP contribution in [0.4, 0.5) is 13.2 Å². The molecule has 2 nitrogen and oxygen atoms in total. The van der Waals surface area contributed by atoms with Crippen LogP contribution in [0.5, 0.6) is 5.75 Å². The van der Waals surface area contributed by atoms with Crippen molar-refractivity contribution in [3.63, 3.8) is 0 Å². The van der Waals surface area contributed by atoms with E-state index < -0.39 is 17.7 Å². The molecule has 0 spiro atoms. The van der Waals surface area contributed by atoms with Crippen LogP contribution < -0.4 is 10.5 Å². The molecule has 0 bridgehead atoms. The molecule has 2 aromatic carbocycles. The largest absolute Gasteiger partial charge is 0.497 e. The predicted molar refractivity (Wildman–Crippen MR) is 69.9 cm³/mol. The smallest absolute Gasteiger partial charge is 0.134 e. The van der Waals surface area contributed by atoms with Gasteiger partial charge >= 0.3 is 0 Å². The molecule has 0 heterocycles. The standard InChI is InChI=1S/C15H14F3NO/c1-20-11-7-12(17)15(13(18)8-11)14(19)6-9-2-4-10(16)5-3-9/h2-5,7-8,14H,6,19H2,1H3. The number of nitrogens with two attached hydrogens (primary N) is 1. The summed E-state index contributed by atoms with van der Waals surface area (Å²) in [7, 11) is 1.33. The van der Waals surface area contributed by atoms with E-state index in [-0.39, 0.29) is 23.6 Å². The van der Waals surface area contributed by atoms with Gasteiger partial charge < -0.3 is 10.5 Å². The van der Waals surface area contributed by atoms with Crippen LogP contribution in [-0.4, -0.2) is 7.11 Å². The molecule has 0 radical (unpaired) electrons. The van der Waals surface area contributed by atoms with E-state index in [0.29, 0.717) is 5.56 Å². The zero-order valence-corrected chi connectivity index (χ0v) is 10.9. The molecule has 1 atom stereocenters. The van der Waals surface area contributed by atoms with Gasteiger partial charge in [0.25, 0.3) is 0 Å². The Bertz CT molecular complexity index is 576. The number of benzene rings is 2. The molecule has 0 aliphatic rings. The van der Waals surface area contributed by atoms with Crippen molar-refractivity contribution in [3.05, 3.63) is 65.0 Å². The molecule has 5 heteroatoms. The third-order valence-electron chi connectivity index (χ3n) is 3.03. The molecular weight excluding hydrogens is 267 g/mol. The first-order valence-electron chi connectivity index (χ1n) is 6.04. The number of hydrogen-bond donors (Lipinski definition) is 1. The summed E-state index contributed by atoms with van der Waals surface area (Å²) < 4.78 is 45.3. The highest BCUT2D eigenvalue weighted by atomic mass is 19.1. The summed E-state index contributed by atoms with van der Waals surface area (Å²) in [4.78, 5) is 0. The van der Waals surface area contributed by atoms with Crippen LogP contribution in [0.3, 0.4) is 0 Å². The van der Waals surface area contributed by atoms with Gasteiger partial charge in [-0.2, -0.15) is 0 Å². The maximum Gasteiger partial charge on any atom is 0.134 e. The third kappa shape index (κ3) is 3.11. The van der Waals surface area contributed by atoms with Gasteiger partial charge in [0.1, 0.15) is 23.2 Å². The van der Waals surface area contributed by atoms with E-state index in [2.05, 4.69) is 0 Å². The summed E-state index contributed by atoms with van der Waals surface area (Å²) in [6, 6.07) is 6.95. The lowest BCUT2D eigenvalue weighted by Gasteiger charge is -2.15. The van der Waals surface area contributed by atoms with Crippen LogP contribution in [0.1, 0.15) is 17.2 Å². The Balaban J connectivity index is 2.25. The fourth-order valence-electron chi connectivity index (χ4n) is 2.01. The molecule has 20 heavy (non-hydrogen) atoms. The van der Waals surface area contributed by atoms with E-state index in [1.807, 2.05) is 0 Å². The van der Waals surface area contributed by atoms with Gasteiger partial charge in [0.2, 0.25) is 0 Å². The van der Waals surface area contributed by atoms with Crippen molar-refractivity contribution in [3.8, 4) is 5.75 Å². The minimum Gasteiger partial charge on any atom is -0.497 e. The lowest BCUT2D eigenvalue weighted by atomic mass is 9.98. The minimum atomic E-state index is -0.855. The molecule has 0 aromatic heterocycles. The molecule has 0 saturated heterocycles. The summed E-state index contributed by atoms with van der Waals surface area (Å²) in [5.74, 6) is -1.78. The van der Waals surface area contributed by atoms with Crippen molar-refractivity contribution < 1.29 is 17.9 Å². The first-order valence-corrected chi connectivity index (χ1v) is 6.04. The van der Waals surface area contributed by atoms with E-state index in [4.69, 9.17) is 10.5 Å². The fraction of sp³-hybridized carbons (Fsp3) is 0.200. The Morgan fingerprint density at radius 1 is 1.05 bits per heavy atom. The zero-order valence-electron chi connectivity index (χ0n) is 10.9.